The van der Waals surface area contributed by atoms with Crippen molar-refractivity contribution in [3.63, 3.8) is 0 Å². The van der Waals surface area contributed by atoms with Crippen molar-refractivity contribution in [1.82, 2.24) is 5.32 Å². The van der Waals surface area contributed by atoms with Gasteiger partial charge in [-0.2, -0.15) is 0 Å². The maximum absolute atomic E-state index is 11.3. The van der Waals surface area contributed by atoms with Gasteiger partial charge in [0.1, 0.15) is 11.8 Å². The highest BCUT2D eigenvalue weighted by atomic mass is 16.5. The van der Waals surface area contributed by atoms with Gasteiger partial charge in [-0.25, -0.2) is 4.79 Å². The predicted octanol–water partition coefficient (Wildman–Crippen LogP) is 0.0172. The molecule has 3 N–H and O–H groups in total. The van der Waals surface area contributed by atoms with Crippen molar-refractivity contribution < 1.29 is 24.5 Å². The highest BCUT2D eigenvalue weighted by Gasteiger charge is 2.18. The molecule has 1 amide bonds. The molecule has 1 atom stereocenters. The molecule has 0 spiro atoms. The normalized spacial score (nSPS) is 11.6. The van der Waals surface area contributed by atoms with E-state index in [0.717, 1.165) is 0 Å². The van der Waals surface area contributed by atoms with Gasteiger partial charge in [-0.05, 0) is 12.1 Å². The fraction of sp³-hybridized carbons (Fsp3) is 0.333. The van der Waals surface area contributed by atoms with E-state index >= 15 is 0 Å². The van der Waals surface area contributed by atoms with Crippen LogP contribution in [-0.4, -0.2) is 41.3 Å². The van der Waals surface area contributed by atoms with Crippen LogP contribution in [0.2, 0.25) is 0 Å². The van der Waals surface area contributed by atoms with Crippen molar-refractivity contribution in [3.05, 3.63) is 30.3 Å². The fourth-order valence-electron chi connectivity index (χ4n) is 1.23. The lowest BCUT2D eigenvalue weighted by Gasteiger charge is -2.11. The summed E-state index contributed by atoms with van der Waals surface area (Å²) in [6.07, 6.45) is 0.0265. The number of carboxylic acids is 1. The molecule has 0 radical (unpaired) electrons. The van der Waals surface area contributed by atoms with E-state index < -0.39 is 24.5 Å². The molecule has 0 saturated carbocycles. The van der Waals surface area contributed by atoms with Gasteiger partial charge in [-0.1, -0.05) is 18.2 Å². The van der Waals surface area contributed by atoms with E-state index in [1.165, 1.54) is 0 Å². The number of hydrogen-bond donors (Lipinski definition) is 3. The SMILES string of the molecule is O=C(CCOc1ccccc1)N[C@@H](CO)C(=O)O. The third-order valence-electron chi connectivity index (χ3n) is 2.16. The Bertz CT molecular complexity index is 393. The molecule has 1 rings (SSSR count). The van der Waals surface area contributed by atoms with Gasteiger partial charge < -0.3 is 20.3 Å². The Kier molecular flexibility index (Phi) is 5.66. The molecule has 0 aliphatic carbocycles. The van der Waals surface area contributed by atoms with Crippen LogP contribution in [0, 0.1) is 0 Å². The largest absolute Gasteiger partial charge is 0.493 e. The number of amides is 1. The molecular formula is C12H15NO5. The lowest BCUT2D eigenvalue weighted by Crippen LogP contribution is -2.43. The lowest BCUT2D eigenvalue weighted by molar-refractivity contribution is -0.143. The highest BCUT2D eigenvalue weighted by molar-refractivity contribution is 5.83. The van der Waals surface area contributed by atoms with Crippen LogP contribution in [0.1, 0.15) is 6.42 Å². The molecule has 1 aromatic rings. The first-order valence-corrected chi connectivity index (χ1v) is 5.44. The monoisotopic (exact) mass is 253 g/mol. The fourth-order valence-corrected chi connectivity index (χ4v) is 1.23. The average molecular weight is 253 g/mol. The van der Waals surface area contributed by atoms with E-state index in [1.54, 1.807) is 12.1 Å². The number of carbonyl (C=O) groups excluding carboxylic acids is 1. The van der Waals surface area contributed by atoms with E-state index in [4.69, 9.17) is 14.9 Å². The minimum absolute atomic E-state index is 0.0265. The molecule has 0 aromatic heterocycles. The summed E-state index contributed by atoms with van der Waals surface area (Å²) in [6, 6.07) is 7.70. The molecule has 98 valence electrons. The van der Waals surface area contributed by atoms with Crippen LogP contribution >= 0.6 is 0 Å². The summed E-state index contributed by atoms with van der Waals surface area (Å²) in [5.41, 5.74) is 0. The summed E-state index contributed by atoms with van der Waals surface area (Å²) < 4.78 is 5.28. The number of carbonyl (C=O) groups is 2. The zero-order valence-corrected chi connectivity index (χ0v) is 9.70. The van der Waals surface area contributed by atoms with Crippen molar-refractivity contribution in [2.45, 2.75) is 12.5 Å². The Hall–Kier alpha value is -2.08. The molecule has 0 unspecified atom stereocenters. The van der Waals surface area contributed by atoms with Gasteiger partial charge in [0.2, 0.25) is 5.91 Å². The van der Waals surface area contributed by atoms with Crippen LogP contribution in [0.5, 0.6) is 5.75 Å². The van der Waals surface area contributed by atoms with Crippen molar-refractivity contribution in [1.29, 1.82) is 0 Å². The van der Waals surface area contributed by atoms with Crippen molar-refractivity contribution in [2.24, 2.45) is 0 Å². The highest BCUT2D eigenvalue weighted by Crippen LogP contribution is 2.08. The van der Waals surface area contributed by atoms with Crippen LogP contribution in [0.25, 0.3) is 0 Å². The van der Waals surface area contributed by atoms with Gasteiger partial charge in [0, 0.05) is 0 Å². The molecule has 0 heterocycles. The second kappa shape index (κ2) is 7.29. The molecule has 6 heteroatoms. The summed E-state index contributed by atoms with van der Waals surface area (Å²) in [4.78, 5) is 21.9. The van der Waals surface area contributed by atoms with Crippen molar-refractivity contribution >= 4 is 11.9 Å². The van der Waals surface area contributed by atoms with E-state index in [0.29, 0.717) is 5.75 Å². The predicted molar refractivity (Wildman–Crippen MR) is 63.2 cm³/mol. The zero-order valence-electron chi connectivity index (χ0n) is 9.70. The van der Waals surface area contributed by atoms with E-state index in [9.17, 15) is 9.59 Å². The van der Waals surface area contributed by atoms with Gasteiger partial charge >= 0.3 is 5.97 Å². The second-order valence-corrected chi connectivity index (χ2v) is 3.55. The van der Waals surface area contributed by atoms with E-state index in [-0.39, 0.29) is 13.0 Å². The minimum Gasteiger partial charge on any atom is -0.493 e. The summed E-state index contributed by atoms with van der Waals surface area (Å²) in [7, 11) is 0. The number of para-hydroxylation sites is 1. The average Bonchev–Trinajstić information content (AvgIpc) is 2.37. The molecule has 0 aliphatic heterocycles. The number of aliphatic hydroxyl groups is 1. The molecule has 0 fully saturated rings. The Morgan fingerprint density at radius 2 is 1.94 bits per heavy atom. The zero-order chi connectivity index (χ0) is 13.4. The standard InChI is InChI=1S/C12H15NO5/c14-8-10(12(16)17)13-11(15)6-7-18-9-4-2-1-3-5-9/h1-5,10,14H,6-8H2,(H,13,15)(H,16,17)/t10-/m0/s1. The molecule has 0 aliphatic rings. The Morgan fingerprint density at radius 1 is 1.28 bits per heavy atom. The molecular weight excluding hydrogens is 238 g/mol. The van der Waals surface area contributed by atoms with Gasteiger partial charge in [0.25, 0.3) is 0 Å². The first-order chi connectivity index (χ1) is 8.63. The maximum atomic E-state index is 11.3. The summed E-state index contributed by atoms with van der Waals surface area (Å²) in [5.74, 6) is -1.11. The quantitative estimate of drug-likeness (QED) is 0.636. The van der Waals surface area contributed by atoms with Crippen molar-refractivity contribution in [2.75, 3.05) is 13.2 Å². The second-order valence-electron chi connectivity index (χ2n) is 3.55. The maximum Gasteiger partial charge on any atom is 0.328 e. The first-order valence-electron chi connectivity index (χ1n) is 5.44. The number of nitrogens with one attached hydrogen (secondary N) is 1. The van der Waals surface area contributed by atoms with E-state index in [2.05, 4.69) is 5.32 Å². The van der Waals surface area contributed by atoms with Gasteiger partial charge in [0.15, 0.2) is 0 Å². The van der Waals surface area contributed by atoms with Gasteiger partial charge in [-0.3, -0.25) is 4.79 Å². The number of aliphatic hydroxyl groups excluding tert-OH is 1. The van der Waals surface area contributed by atoms with Crippen molar-refractivity contribution in [3.8, 4) is 5.75 Å². The number of benzene rings is 1. The number of carboxylic acid groups (broad SMARTS) is 1. The lowest BCUT2D eigenvalue weighted by atomic mass is 10.3. The molecule has 6 nitrogen and oxygen atoms in total. The summed E-state index contributed by atoms with van der Waals surface area (Å²) in [6.45, 7) is -0.492. The van der Waals surface area contributed by atoms with Crippen LogP contribution < -0.4 is 10.1 Å². The third kappa shape index (κ3) is 4.84. The molecule has 0 bridgehead atoms. The number of rotatable bonds is 7. The Labute approximate surface area is 104 Å². The van der Waals surface area contributed by atoms with Gasteiger partial charge in [-0.15, -0.1) is 0 Å². The topological polar surface area (TPSA) is 95.9 Å². The van der Waals surface area contributed by atoms with Crippen LogP contribution in [0.4, 0.5) is 0 Å². The van der Waals surface area contributed by atoms with Crippen LogP contribution in [0.3, 0.4) is 0 Å². The van der Waals surface area contributed by atoms with Crippen LogP contribution in [-0.2, 0) is 9.59 Å². The molecule has 1 aromatic carbocycles. The minimum atomic E-state index is -1.27. The van der Waals surface area contributed by atoms with Crippen LogP contribution in [0.15, 0.2) is 30.3 Å². The Morgan fingerprint density at radius 3 is 2.50 bits per heavy atom. The number of hydrogen-bond acceptors (Lipinski definition) is 4. The summed E-state index contributed by atoms with van der Waals surface area (Å²) >= 11 is 0. The third-order valence-corrected chi connectivity index (χ3v) is 2.16. The number of aliphatic carboxylic acids is 1. The summed E-state index contributed by atoms with van der Waals surface area (Å²) in [5, 5.41) is 19.5. The first kappa shape index (κ1) is 14.0. The van der Waals surface area contributed by atoms with E-state index in [1.807, 2.05) is 18.2 Å². The number of ether oxygens (including phenoxy) is 1. The smallest absolute Gasteiger partial charge is 0.328 e. The van der Waals surface area contributed by atoms with Gasteiger partial charge in [0.05, 0.1) is 19.6 Å². The Balaban J connectivity index is 2.27. The molecule has 18 heavy (non-hydrogen) atoms. The molecule has 0 saturated heterocycles.